The third-order valence-electron chi connectivity index (χ3n) is 3.54. The number of rotatable bonds is 6. The third kappa shape index (κ3) is 4.81. The summed E-state index contributed by atoms with van der Waals surface area (Å²) in [5.74, 6) is -0.0933. The molecular formula is C16H21NO4S2. The number of anilines is 1. The van der Waals surface area contributed by atoms with Crippen LogP contribution in [-0.2, 0) is 27.2 Å². The summed E-state index contributed by atoms with van der Waals surface area (Å²) in [7, 11) is 0. The highest BCUT2D eigenvalue weighted by Crippen LogP contribution is 2.38. The second-order valence-electron chi connectivity index (χ2n) is 5.27. The zero-order valence-corrected chi connectivity index (χ0v) is 15.0. The molecule has 1 aliphatic carbocycles. The fourth-order valence-electron chi connectivity index (χ4n) is 2.55. The summed E-state index contributed by atoms with van der Waals surface area (Å²) in [6.07, 6.45) is 4.21. The Labute approximate surface area is 144 Å². The highest BCUT2D eigenvalue weighted by atomic mass is 32.2. The van der Waals surface area contributed by atoms with Crippen molar-refractivity contribution in [1.29, 1.82) is 0 Å². The Morgan fingerprint density at radius 3 is 2.70 bits per heavy atom. The van der Waals surface area contributed by atoms with E-state index in [0.29, 0.717) is 22.9 Å². The number of aryl methyl sites for hydroxylation is 1. The van der Waals surface area contributed by atoms with Crippen molar-refractivity contribution in [2.24, 2.45) is 0 Å². The topological polar surface area (TPSA) is 72.5 Å². The quantitative estimate of drug-likeness (QED) is 0.792. The minimum atomic E-state index is -0.361. The maximum Gasteiger partial charge on any atom is 0.341 e. The lowest BCUT2D eigenvalue weighted by molar-refractivity contribution is -0.115. The van der Waals surface area contributed by atoms with Gasteiger partial charge in [0, 0.05) is 24.0 Å². The van der Waals surface area contributed by atoms with Crippen LogP contribution in [-0.4, -0.2) is 29.4 Å². The van der Waals surface area contributed by atoms with E-state index in [0.717, 1.165) is 43.0 Å². The Morgan fingerprint density at radius 2 is 2.00 bits per heavy atom. The molecule has 1 aromatic rings. The van der Waals surface area contributed by atoms with Gasteiger partial charge in [0.2, 0.25) is 5.91 Å². The Kier molecular flexibility index (Phi) is 6.65. The van der Waals surface area contributed by atoms with Crippen molar-refractivity contribution in [2.75, 3.05) is 17.7 Å². The molecule has 0 unspecified atom stereocenters. The van der Waals surface area contributed by atoms with Gasteiger partial charge in [0.15, 0.2) is 5.12 Å². The minimum absolute atomic E-state index is 0.00315. The van der Waals surface area contributed by atoms with Crippen LogP contribution < -0.4 is 5.32 Å². The fourth-order valence-corrected chi connectivity index (χ4v) is 4.42. The number of carbonyl (C=O) groups excluding carboxylic acids is 3. The standard InChI is InChI=1S/C16H21NO4S2/c1-3-21-16(20)14-11-6-4-5-7-12(11)23-15(14)17-13(19)8-9-22-10(2)18/h3-9H2,1-2H3,(H,17,19). The van der Waals surface area contributed by atoms with E-state index in [4.69, 9.17) is 4.74 Å². The van der Waals surface area contributed by atoms with E-state index in [-0.39, 0.29) is 23.4 Å². The molecule has 23 heavy (non-hydrogen) atoms. The second-order valence-corrected chi connectivity index (χ2v) is 7.65. The van der Waals surface area contributed by atoms with Crippen LogP contribution in [0.3, 0.4) is 0 Å². The highest BCUT2D eigenvalue weighted by molar-refractivity contribution is 8.13. The highest BCUT2D eigenvalue weighted by Gasteiger charge is 2.27. The molecule has 0 spiro atoms. The molecule has 1 N–H and O–H groups in total. The normalized spacial score (nSPS) is 13.3. The fraction of sp³-hybridized carbons (Fsp3) is 0.562. The number of hydrogen-bond donors (Lipinski definition) is 1. The number of esters is 1. The van der Waals surface area contributed by atoms with Crippen molar-refractivity contribution < 1.29 is 19.1 Å². The van der Waals surface area contributed by atoms with E-state index in [9.17, 15) is 14.4 Å². The summed E-state index contributed by atoms with van der Waals surface area (Å²) in [5.41, 5.74) is 1.56. The van der Waals surface area contributed by atoms with Crippen LogP contribution in [0.15, 0.2) is 0 Å². The van der Waals surface area contributed by atoms with E-state index < -0.39 is 0 Å². The van der Waals surface area contributed by atoms with Gasteiger partial charge in [-0.2, -0.15) is 0 Å². The summed E-state index contributed by atoms with van der Waals surface area (Å²) >= 11 is 2.61. The number of ether oxygens (including phenoxy) is 1. The summed E-state index contributed by atoms with van der Waals surface area (Å²) in [6, 6.07) is 0. The van der Waals surface area contributed by atoms with Crippen molar-refractivity contribution >= 4 is 45.1 Å². The molecule has 0 bridgehead atoms. The number of nitrogens with one attached hydrogen (secondary N) is 1. The second kappa shape index (κ2) is 8.49. The molecule has 1 heterocycles. The maximum atomic E-state index is 12.3. The Balaban J connectivity index is 2.13. The smallest absolute Gasteiger partial charge is 0.341 e. The van der Waals surface area contributed by atoms with Gasteiger partial charge in [-0.1, -0.05) is 11.8 Å². The number of amides is 1. The average molecular weight is 355 g/mol. The van der Waals surface area contributed by atoms with Crippen LogP contribution in [0.1, 0.15) is 53.9 Å². The average Bonchev–Trinajstić information content (AvgIpc) is 2.84. The van der Waals surface area contributed by atoms with E-state index in [1.165, 1.54) is 23.1 Å². The van der Waals surface area contributed by atoms with Crippen molar-refractivity contribution in [3.63, 3.8) is 0 Å². The predicted octanol–water partition coefficient (Wildman–Crippen LogP) is 3.41. The van der Waals surface area contributed by atoms with Crippen LogP contribution in [0.5, 0.6) is 0 Å². The first-order valence-corrected chi connectivity index (χ1v) is 9.58. The third-order valence-corrected chi connectivity index (χ3v) is 5.56. The first-order chi connectivity index (χ1) is 11.0. The Bertz CT molecular complexity index is 609. The lowest BCUT2D eigenvalue weighted by atomic mass is 9.95. The molecule has 126 valence electrons. The van der Waals surface area contributed by atoms with Gasteiger partial charge in [-0.15, -0.1) is 11.3 Å². The molecule has 0 aromatic carbocycles. The molecule has 1 aliphatic rings. The molecule has 0 radical (unpaired) electrons. The summed E-state index contributed by atoms with van der Waals surface area (Å²) in [6.45, 7) is 3.56. The Hall–Kier alpha value is -1.34. The summed E-state index contributed by atoms with van der Waals surface area (Å²) in [4.78, 5) is 36.4. The van der Waals surface area contributed by atoms with Crippen molar-refractivity contribution in [3.8, 4) is 0 Å². The SMILES string of the molecule is CCOC(=O)c1c(NC(=O)CCSC(C)=O)sc2c1CCCC2. The van der Waals surface area contributed by atoms with Crippen molar-refractivity contribution in [2.45, 2.75) is 46.0 Å². The first-order valence-electron chi connectivity index (χ1n) is 7.77. The monoisotopic (exact) mass is 355 g/mol. The van der Waals surface area contributed by atoms with Crippen LogP contribution in [0.2, 0.25) is 0 Å². The van der Waals surface area contributed by atoms with Crippen molar-refractivity contribution in [3.05, 3.63) is 16.0 Å². The zero-order valence-electron chi connectivity index (χ0n) is 13.4. The van der Waals surface area contributed by atoms with Crippen LogP contribution in [0, 0.1) is 0 Å². The van der Waals surface area contributed by atoms with Crippen LogP contribution in [0.4, 0.5) is 5.00 Å². The summed E-state index contributed by atoms with van der Waals surface area (Å²) < 4.78 is 5.15. The van der Waals surface area contributed by atoms with E-state index in [1.807, 2.05) is 0 Å². The predicted molar refractivity (Wildman–Crippen MR) is 93.3 cm³/mol. The molecule has 0 fully saturated rings. The van der Waals surface area contributed by atoms with E-state index in [1.54, 1.807) is 6.92 Å². The number of thiophene rings is 1. The van der Waals surface area contributed by atoms with Gasteiger partial charge in [-0.25, -0.2) is 4.79 Å². The number of thioether (sulfide) groups is 1. The number of fused-ring (bicyclic) bond motifs is 1. The molecule has 7 heteroatoms. The molecule has 0 saturated carbocycles. The molecule has 0 aliphatic heterocycles. The lowest BCUT2D eigenvalue weighted by Crippen LogP contribution is -2.16. The lowest BCUT2D eigenvalue weighted by Gasteiger charge is -2.12. The molecule has 2 rings (SSSR count). The molecule has 0 saturated heterocycles. The van der Waals surface area contributed by atoms with Gasteiger partial charge in [-0.3, -0.25) is 9.59 Å². The summed E-state index contributed by atoms with van der Waals surface area (Å²) in [5, 5.41) is 3.42. The number of carbonyl (C=O) groups is 3. The maximum absolute atomic E-state index is 12.3. The van der Waals surface area contributed by atoms with Gasteiger partial charge in [0.1, 0.15) is 5.00 Å². The minimum Gasteiger partial charge on any atom is -0.462 e. The molecular weight excluding hydrogens is 334 g/mol. The van der Waals surface area contributed by atoms with Gasteiger partial charge in [0.05, 0.1) is 12.2 Å². The molecule has 5 nitrogen and oxygen atoms in total. The van der Waals surface area contributed by atoms with Crippen LogP contribution >= 0.6 is 23.1 Å². The molecule has 0 atom stereocenters. The van der Waals surface area contributed by atoms with Gasteiger partial charge >= 0.3 is 5.97 Å². The van der Waals surface area contributed by atoms with Gasteiger partial charge in [0.25, 0.3) is 0 Å². The Morgan fingerprint density at radius 1 is 1.26 bits per heavy atom. The number of hydrogen-bond acceptors (Lipinski definition) is 6. The first kappa shape index (κ1) is 18.0. The molecule has 1 amide bonds. The van der Waals surface area contributed by atoms with Gasteiger partial charge in [-0.05, 0) is 38.2 Å². The zero-order chi connectivity index (χ0) is 16.8. The largest absolute Gasteiger partial charge is 0.462 e. The van der Waals surface area contributed by atoms with Gasteiger partial charge < -0.3 is 10.1 Å². The van der Waals surface area contributed by atoms with Crippen LogP contribution in [0.25, 0.3) is 0 Å². The molecule has 1 aromatic heterocycles. The van der Waals surface area contributed by atoms with E-state index >= 15 is 0 Å². The van der Waals surface area contributed by atoms with E-state index in [2.05, 4.69) is 5.32 Å². The van der Waals surface area contributed by atoms with Crippen molar-refractivity contribution in [1.82, 2.24) is 0 Å².